The maximum Gasteiger partial charge on any atom is 0.0626 e. The van der Waals surface area contributed by atoms with Gasteiger partial charge in [-0.05, 0) is 36.0 Å². The van der Waals surface area contributed by atoms with Crippen LogP contribution >= 0.6 is 0 Å². The summed E-state index contributed by atoms with van der Waals surface area (Å²) in [6, 6.07) is 0. The molecule has 0 aromatic rings. The summed E-state index contributed by atoms with van der Waals surface area (Å²) in [5.74, 6) is 0.809. The quantitative estimate of drug-likeness (QED) is 0.583. The number of rotatable bonds is 0. The predicted molar refractivity (Wildman–Crippen MR) is 66.0 cm³/mol. The molecule has 1 heterocycles. The smallest absolute Gasteiger partial charge is 0.0626 e. The summed E-state index contributed by atoms with van der Waals surface area (Å²) in [6.45, 7) is 14.9. The van der Waals surface area contributed by atoms with Crippen molar-refractivity contribution in [3.05, 3.63) is 0 Å². The molecule has 0 aliphatic carbocycles. The second kappa shape index (κ2) is 4.45. The molecule has 0 bridgehead atoms. The van der Waals surface area contributed by atoms with Crippen LogP contribution in [-0.4, -0.2) is 12.7 Å². The van der Waals surface area contributed by atoms with Gasteiger partial charge in [-0.1, -0.05) is 41.5 Å². The van der Waals surface area contributed by atoms with Crippen molar-refractivity contribution in [3.63, 3.8) is 0 Å². The molecule has 90 valence electrons. The lowest BCUT2D eigenvalue weighted by Crippen LogP contribution is -2.33. The highest BCUT2D eigenvalue weighted by molar-refractivity contribution is 4.84. The summed E-state index contributed by atoms with van der Waals surface area (Å²) in [6.07, 6.45) is 4.22. The molecule has 2 atom stereocenters. The third-order valence-electron chi connectivity index (χ3n) is 3.71. The molecule has 2 unspecified atom stereocenters. The molecule has 0 saturated carbocycles. The van der Waals surface area contributed by atoms with Gasteiger partial charge in [0, 0.05) is 6.61 Å². The second-order valence-corrected chi connectivity index (χ2v) is 7.17. The monoisotopic (exact) mass is 212 g/mol. The topological polar surface area (TPSA) is 9.23 Å². The average Bonchev–Trinajstić information content (AvgIpc) is 2.24. The molecule has 1 rings (SSSR count). The molecule has 1 aliphatic heterocycles. The van der Waals surface area contributed by atoms with Crippen molar-refractivity contribution in [1.29, 1.82) is 0 Å². The Morgan fingerprint density at radius 3 is 2.00 bits per heavy atom. The molecule has 0 aromatic carbocycles. The molecule has 15 heavy (non-hydrogen) atoms. The van der Waals surface area contributed by atoms with E-state index in [1.54, 1.807) is 0 Å². The molecule has 0 N–H and O–H groups in total. The van der Waals surface area contributed by atoms with Gasteiger partial charge in [-0.2, -0.15) is 0 Å². The van der Waals surface area contributed by atoms with Crippen molar-refractivity contribution in [2.45, 2.75) is 66.9 Å². The highest BCUT2D eigenvalue weighted by Crippen LogP contribution is 2.39. The Kier molecular flexibility index (Phi) is 3.86. The van der Waals surface area contributed by atoms with Crippen molar-refractivity contribution < 1.29 is 4.74 Å². The van der Waals surface area contributed by atoms with E-state index in [2.05, 4.69) is 41.5 Å². The van der Waals surface area contributed by atoms with E-state index in [4.69, 9.17) is 4.74 Å². The van der Waals surface area contributed by atoms with E-state index in [0.29, 0.717) is 11.5 Å². The van der Waals surface area contributed by atoms with Crippen molar-refractivity contribution in [2.75, 3.05) is 6.61 Å². The Balaban J connectivity index is 2.70. The highest BCUT2D eigenvalue weighted by atomic mass is 16.5. The van der Waals surface area contributed by atoms with E-state index in [1.807, 2.05) is 0 Å². The SMILES string of the molecule is CC(C)(C)C1CCCOC(C(C)(C)C)C1. The van der Waals surface area contributed by atoms with Gasteiger partial charge in [-0.15, -0.1) is 0 Å². The van der Waals surface area contributed by atoms with Gasteiger partial charge in [-0.25, -0.2) is 0 Å². The van der Waals surface area contributed by atoms with Crippen LogP contribution in [-0.2, 0) is 4.74 Å². The van der Waals surface area contributed by atoms with Gasteiger partial charge >= 0.3 is 0 Å². The second-order valence-electron chi connectivity index (χ2n) is 7.17. The van der Waals surface area contributed by atoms with E-state index in [0.717, 1.165) is 12.5 Å². The molecule has 1 fully saturated rings. The Bertz CT molecular complexity index is 172. The summed E-state index contributed by atoms with van der Waals surface area (Å²) in [5, 5.41) is 0. The molecule has 0 radical (unpaired) electrons. The van der Waals surface area contributed by atoms with Gasteiger partial charge in [0.2, 0.25) is 0 Å². The summed E-state index contributed by atoms with van der Waals surface area (Å²) < 4.78 is 5.99. The van der Waals surface area contributed by atoms with Crippen LogP contribution in [0.4, 0.5) is 0 Å². The molecule has 1 aliphatic rings. The lowest BCUT2D eigenvalue weighted by Gasteiger charge is -2.36. The zero-order chi connectivity index (χ0) is 11.7. The van der Waals surface area contributed by atoms with E-state index in [9.17, 15) is 0 Å². The molecule has 0 spiro atoms. The van der Waals surface area contributed by atoms with E-state index in [1.165, 1.54) is 19.3 Å². The molecule has 1 nitrogen and oxygen atoms in total. The molecular formula is C14H28O. The average molecular weight is 212 g/mol. The Morgan fingerprint density at radius 1 is 0.933 bits per heavy atom. The summed E-state index contributed by atoms with van der Waals surface area (Å²) >= 11 is 0. The van der Waals surface area contributed by atoms with Crippen molar-refractivity contribution in [1.82, 2.24) is 0 Å². The fraction of sp³-hybridized carbons (Fsp3) is 1.00. The first-order valence-corrected chi connectivity index (χ1v) is 6.33. The van der Waals surface area contributed by atoms with Crippen LogP contribution in [0.2, 0.25) is 0 Å². The maximum atomic E-state index is 5.99. The van der Waals surface area contributed by atoms with Gasteiger partial charge in [0.15, 0.2) is 0 Å². The van der Waals surface area contributed by atoms with Crippen LogP contribution < -0.4 is 0 Å². The van der Waals surface area contributed by atoms with E-state index in [-0.39, 0.29) is 5.41 Å². The van der Waals surface area contributed by atoms with Gasteiger partial charge in [-0.3, -0.25) is 0 Å². The van der Waals surface area contributed by atoms with Crippen LogP contribution in [0.3, 0.4) is 0 Å². The van der Waals surface area contributed by atoms with Gasteiger partial charge in [0.05, 0.1) is 6.10 Å². The highest BCUT2D eigenvalue weighted by Gasteiger charge is 2.34. The standard InChI is InChI=1S/C14H28O/c1-13(2,3)11-8-7-9-15-12(10-11)14(4,5)6/h11-12H,7-10H2,1-6H3. The first-order valence-electron chi connectivity index (χ1n) is 6.33. The number of hydrogen-bond donors (Lipinski definition) is 0. The molecular weight excluding hydrogens is 184 g/mol. The molecule has 0 aromatic heterocycles. The first-order chi connectivity index (χ1) is 6.71. The predicted octanol–water partition coefficient (Wildman–Crippen LogP) is 4.26. The fourth-order valence-corrected chi connectivity index (χ4v) is 2.39. The number of ether oxygens (including phenoxy) is 1. The minimum atomic E-state index is 0.286. The van der Waals surface area contributed by atoms with E-state index < -0.39 is 0 Å². The van der Waals surface area contributed by atoms with Gasteiger partial charge in [0.25, 0.3) is 0 Å². The van der Waals surface area contributed by atoms with Crippen LogP contribution in [0, 0.1) is 16.7 Å². The maximum absolute atomic E-state index is 5.99. The third-order valence-corrected chi connectivity index (χ3v) is 3.71. The van der Waals surface area contributed by atoms with Crippen LogP contribution in [0.1, 0.15) is 60.8 Å². The zero-order valence-corrected chi connectivity index (χ0v) is 11.4. The summed E-state index contributed by atoms with van der Waals surface area (Å²) in [7, 11) is 0. The Hall–Kier alpha value is -0.0400. The minimum absolute atomic E-state index is 0.286. The first kappa shape index (κ1) is 13.0. The van der Waals surface area contributed by atoms with Crippen molar-refractivity contribution >= 4 is 0 Å². The largest absolute Gasteiger partial charge is 0.378 e. The normalized spacial score (nSPS) is 30.0. The fourth-order valence-electron chi connectivity index (χ4n) is 2.39. The van der Waals surface area contributed by atoms with Crippen molar-refractivity contribution in [3.8, 4) is 0 Å². The minimum Gasteiger partial charge on any atom is -0.378 e. The summed E-state index contributed by atoms with van der Waals surface area (Å²) in [5.41, 5.74) is 0.713. The Labute approximate surface area is 95.6 Å². The zero-order valence-electron chi connectivity index (χ0n) is 11.4. The Morgan fingerprint density at radius 2 is 1.53 bits per heavy atom. The van der Waals surface area contributed by atoms with Crippen molar-refractivity contribution in [2.24, 2.45) is 16.7 Å². The van der Waals surface area contributed by atoms with Crippen LogP contribution in [0.25, 0.3) is 0 Å². The van der Waals surface area contributed by atoms with E-state index >= 15 is 0 Å². The van der Waals surface area contributed by atoms with Gasteiger partial charge < -0.3 is 4.74 Å². The number of hydrogen-bond acceptors (Lipinski definition) is 1. The molecule has 1 saturated heterocycles. The van der Waals surface area contributed by atoms with Crippen LogP contribution in [0.15, 0.2) is 0 Å². The molecule has 0 amide bonds. The van der Waals surface area contributed by atoms with Gasteiger partial charge in [0.1, 0.15) is 0 Å². The summed E-state index contributed by atoms with van der Waals surface area (Å²) in [4.78, 5) is 0. The molecule has 1 heteroatoms. The third kappa shape index (κ3) is 3.79. The van der Waals surface area contributed by atoms with Crippen LogP contribution in [0.5, 0.6) is 0 Å². The lowest BCUT2D eigenvalue weighted by molar-refractivity contribution is -0.0243. The lowest BCUT2D eigenvalue weighted by atomic mass is 9.72.